The van der Waals surface area contributed by atoms with Crippen LogP contribution < -0.4 is 5.32 Å². The number of carbonyl (C=O) groups excluding carboxylic acids is 1. The Bertz CT molecular complexity index is 657. The zero-order valence-corrected chi connectivity index (χ0v) is 8.68. The summed E-state index contributed by atoms with van der Waals surface area (Å²) in [6.45, 7) is 0. The maximum atomic E-state index is 11.7. The number of carbonyl (C=O) groups is 1. The van der Waals surface area contributed by atoms with Crippen molar-refractivity contribution in [2.45, 2.75) is 0 Å². The molecule has 3 aromatic rings. The normalized spacial score (nSPS) is 10.6. The minimum atomic E-state index is -0.310. The van der Waals surface area contributed by atoms with Crippen molar-refractivity contribution in [1.82, 2.24) is 15.0 Å². The van der Waals surface area contributed by atoms with Crippen LogP contribution in [0.4, 0.5) is 5.69 Å². The van der Waals surface area contributed by atoms with Crippen molar-refractivity contribution < 1.29 is 9.21 Å². The molecule has 3 heterocycles. The van der Waals surface area contributed by atoms with Crippen molar-refractivity contribution in [3.63, 3.8) is 0 Å². The van der Waals surface area contributed by atoms with Gasteiger partial charge in [-0.3, -0.25) is 4.79 Å². The van der Waals surface area contributed by atoms with E-state index in [0.29, 0.717) is 11.3 Å². The third-order valence-corrected chi connectivity index (χ3v) is 2.28. The van der Waals surface area contributed by atoms with Gasteiger partial charge in [-0.05, 0) is 18.2 Å². The number of hydrogen-bond acceptors (Lipinski definition) is 4. The van der Waals surface area contributed by atoms with E-state index in [2.05, 4.69) is 20.3 Å². The summed E-state index contributed by atoms with van der Waals surface area (Å²) < 4.78 is 4.99. The number of furan rings is 1. The standard InChI is InChI=1S/C11H8N4O2/c16-11(9-2-1-3-17-9)15-7-4-8-10(12-5-7)14-6-13-8/h1-6H,(H,15,16)(H,12,13,14). The predicted octanol–water partition coefficient (Wildman–Crippen LogP) is 1.80. The van der Waals surface area contributed by atoms with E-state index in [-0.39, 0.29) is 11.7 Å². The van der Waals surface area contributed by atoms with Gasteiger partial charge in [0, 0.05) is 0 Å². The molecule has 0 bridgehead atoms. The monoisotopic (exact) mass is 228 g/mol. The molecule has 0 saturated carbocycles. The number of rotatable bonds is 2. The summed E-state index contributed by atoms with van der Waals surface area (Å²) in [7, 11) is 0. The number of amides is 1. The van der Waals surface area contributed by atoms with Gasteiger partial charge in [0.2, 0.25) is 0 Å². The fourth-order valence-electron chi connectivity index (χ4n) is 1.50. The number of anilines is 1. The van der Waals surface area contributed by atoms with Crippen LogP contribution >= 0.6 is 0 Å². The van der Waals surface area contributed by atoms with Crippen LogP contribution in [0.5, 0.6) is 0 Å². The summed E-state index contributed by atoms with van der Waals surface area (Å²) in [5, 5.41) is 2.68. The largest absolute Gasteiger partial charge is 0.459 e. The van der Waals surface area contributed by atoms with E-state index in [9.17, 15) is 4.79 Å². The van der Waals surface area contributed by atoms with E-state index in [4.69, 9.17) is 4.42 Å². The lowest BCUT2D eigenvalue weighted by Crippen LogP contribution is -2.10. The van der Waals surface area contributed by atoms with Crippen LogP contribution in [0.1, 0.15) is 10.6 Å². The third-order valence-electron chi connectivity index (χ3n) is 2.28. The summed E-state index contributed by atoms with van der Waals surface area (Å²) in [5.74, 6) is -0.0506. The molecule has 2 N–H and O–H groups in total. The highest BCUT2D eigenvalue weighted by atomic mass is 16.3. The molecule has 1 amide bonds. The molecular formula is C11H8N4O2. The molecule has 6 nitrogen and oxygen atoms in total. The number of nitrogens with zero attached hydrogens (tertiary/aromatic N) is 2. The van der Waals surface area contributed by atoms with Gasteiger partial charge >= 0.3 is 0 Å². The summed E-state index contributed by atoms with van der Waals surface area (Å²) in [5.41, 5.74) is 1.96. The quantitative estimate of drug-likeness (QED) is 0.700. The fourth-order valence-corrected chi connectivity index (χ4v) is 1.50. The van der Waals surface area contributed by atoms with Crippen LogP contribution in [0.25, 0.3) is 11.2 Å². The van der Waals surface area contributed by atoms with E-state index < -0.39 is 0 Å². The minimum absolute atomic E-state index is 0.259. The lowest BCUT2D eigenvalue weighted by atomic mass is 10.3. The summed E-state index contributed by atoms with van der Waals surface area (Å²) in [6, 6.07) is 5.01. The smallest absolute Gasteiger partial charge is 0.291 e. The van der Waals surface area contributed by atoms with Crippen molar-refractivity contribution in [2.75, 3.05) is 5.32 Å². The Balaban J connectivity index is 1.87. The summed E-state index contributed by atoms with van der Waals surface area (Å²) >= 11 is 0. The number of pyridine rings is 1. The molecule has 84 valence electrons. The van der Waals surface area contributed by atoms with Crippen LogP contribution in [0.15, 0.2) is 41.4 Å². The molecule has 3 rings (SSSR count). The van der Waals surface area contributed by atoms with Gasteiger partial charge in [-0.1, -0.05) is 0 Å². The summed E-state index contributed by atoms with van der Waals surface area (Å²) in [6.07, 6.45) is 4.55. The van der Waals surface area contributed by atoms with E-state index >= 15 is 0 Å². The number of fused-ring (bicyclic) bond motifs is 1. The fraction of sp³-hybridized carbons (Fsp3) is 0. The average Bonchev–Trinajstić information content (AvgIpc) is 2.99. The van der Waals surface area contributed by atoms with Crippen LogP contribution in [0.3, 0.4) is 0 Å². The number of nitrogens with one attached hydrogen (secondary N) is 2. The van der Waals surface area contributed by atoms with Gasteiger partial charge in [-0.25, -0.2) is 9.97 Å². The molecule has 3 aromatic heterocycles. The highest BCUT2D eigenvalue weighted by Gasteiger charge is 2.09. The molecule has 0 atom stereocenters. The Morgan fingerprint density at radius 1 is 1.41 bits per heavy atom. The Morgan fingerprint density at radius 3 is 3.18 bits per heavy atom. The van der Waals surface area contributed by atoms with E-state index in [0.717, 1.165) is 5.52 Å². The Morgan fingerprint density at radius 2 is 2.35 bits per heavy atom. The molecule has 0 aliphatic rings. The van der Waals surface area contributed by atoms with Crippen LogP contribution in [-0.4, -0.2) is 20.9 Å². The maximum Gasteiger partial charge on any atom is 0.291 e. The highest BCUT2D eigenvalue weighted by Crippen LogP contribution is 2.13. The average molecular weight is 228 g/mol. The zero-order chi connectivity index (χ0) is 11.7. The maximum absolute atomic E-state index is 11.7. The number of H-pyrrole nitrogens is 1. The van der Waals surface area contributed by atoms with Crippen molar-refractivity contribution in [2.24, 2.45) is 0 Å². The molecule has 0 fully saturated rings. The first kappa shape index (κ1) is 9.59. The molecule has 0 aromatic carbocycles. The minimum Gasteiger partial charge on any atom is -0.459 e. The van der Waals surface area contributed by atoms with Crippen molar-refractivity contribution in [1.29, 1.82) is 0 Å². The Kier molecular flexibility index (Phi) is 2.11. The Labute approximate surface area is 95.7 Å². The van der Waals surface area contributed by atoms with Gasteiger partial charge in [0.05, 0.1) is 30.0 Å². The second-order valence-electron chi connectivity index (χ2n) is 3.43. The number of aromatic nitrogens is 3. The zero-order valence-electron chi connectivity index (χ0n) is 8.68. The SMILES string of the molecule is O=C(Nc1cnc2nc[nH]c2c1)c1ccco1. The molecule has 0 aliphatic heterocycles. The Hall–Kier alpha value is -2.63. The second-order valence-corrected chi connectivity index (χ2v) is 3.43. The second kappa shape index (κ2) is 3.75. The number of aromatic amines is 1. The molecular weight excluding hydrogens is 220 g/mol. The molecule has 0 aliphatic carbocycles. The number of hydrogen-bond donors (Lipinski definition) is 2. The van der Waals surface area contributed by atoms with Gasteiger partial charge in [0.25, 0.3) is 5.91 Å². The first-order valence-corrected chi connectivity index (χ1v) is 4.97. The molecule has 0 radical (unpaired) electrons. The van der Waals surface area contributed by atoms with E-state index in [1.807, 2.05) is 0 Å². The van der Waals surface area contributed by atoms with Crippen molar-refractivity contribution >= 4 is 22.8 Å². The van der Waals surface area contributed by atoms with Gasteiger partial charge < -0.3 is 14.7 Å². The van der Waals surface area contributed by atoms with Crippen LogP contribution in [-0.2, 0) is 0 Å². The van der Waals surface area contributed by atoms with Gasteiger partial charge in [0.1, 0.15) is 0 Å². The molecule has 6 heteroatoms. The van der Waals surface area contributed by atoms with Gasteiger partial charge in [-0.15, -0.1) is 0 Å². The summed E-state index contributed by atoms with van der Waals surface area (Å²) in [4.78, 5) is 22.7. The first-order chi connectivity index (χ1) is 8.33. The van der Waals surface area contributed by atoms with Crippen LogP contribution in [0.2, 0.25) is 0 Å². The lowest BCUT2D eigenvalue weighted by molar-refractivity contribution is 0.0996. The predicted molar refractivity (Wildman–Crippen MR) is 60.5 cm³/mol. The van der Waals surface area contributed by atoms with Crippen LogP contribution in [0, 0.1) is 0 Å². The third kappa shape index (κ3) is 1.76. The molecule has 0 spiro atoms. The van der Waals surface area contributed by atoms with E-state index in [1.54, 1.807) is 30.7 Å². The number of imidazole rings is 1. The topological polar surface area (TPSA) is 83.8 Å². The van der Waals surface area contributed by atoms with Crippen molar-refractivity contribution in [3.8, 4) is 0 Å². The first-order valence-electron chi connectivity index (χ1n) is 4.97. The lowest BCUT2D eigenvalue weighted by Gasteiger charge is -2.01. The van der Waals surface area contributed by atoms with Crippen molar-refractivity contribution in [3.05, 3.63) is 42.7 Å². The molecule has 0 unspecified atom stereocenters. The van der Waals surface area contributed by atoms with E-state index in [1.165, 1.54) is 6.26 Å². The van der Waals surface area contributed by atoms with Gasteiger partial charge in [0.15, 0.2) is 11.4 Å². The molecule has 0 saturated heterocycles. The van der Waals surface area contributed by atoms with Gasteiger partial charge in [-0.2, -0.15) is 0 Å². The molecule has 17 heavy (non-hydrogen) atoms. The highest BCUT2D eigenvalue weighted by molar-refractivity contribution is 6.02.